The van der Waals surface area contributed by atoms with Crippen LogP contribution in [0.1, 0.15) is 22.3 Å². The molecule has 2 nitrogen and oxygen atoms in total. The first-order valence-corrected chi connectivity index (χ1v) is 25.2. The highest BCUT2D eigenvalue weighted by Gasteiger charge is 2.21. The second-order valence-electron chi connectivity index (χ2n) is 18.1. The molecule has 0 aliphatic rings. The molecule has 0 radical (unpaired) electrons. The average molecular weight is 927 g/mol. The molecule has 338 valence electrons. The van der Waals surface area contributed by atoms with Gasteiger partial charge in [0.25, 0.3) is 0 Å². The fourth-order valence-electron chi connectivity index (χ4n) is 10.1. The van der Waals surface area contributed by atoms with E-state index in [9.17, 15) is 0 Å². The second-order valence-corrected chi connectivity index (χ2v) is 19.2. The summed E-state index contributed by atoms with van der Waals surface area (Å²) in [7, 11) is 0. The van der Waals surface area contributed by atoms with Crippen LogP contribution in [0.4, 0.5) is 34.1 Å². The molecule has 0 bridgehead atoms. The molecule has 3 heteroatoms. The number of nitrogens with zero attached hydrogens (tertiary/aromatic N) is 2. The van der Waals surface area contributed by atoms with Crippen LogP contribution < -0.4 is 9.80 Å². The Kier molecular flexibility index (Phi) is 12.1. The lowest BCUT2D eigenvalue weighted by molar-refractivity contribution is 1.16. The lowest BCUT2D eigenvalue weighted by Crippen LogP contribution is -2.13. The number of para-hydroxylation sites is 2. The van der Waals surface area contributed by atoms with Crippen molar-refractivity contribution in [1.29, 1.82) is 0 Å². The van der Waals surface area contributed by atoms with E-state index in [-0.39, 0.29) is 0 Å². The summed E-state index contributed by atoms with van der Waals surface area (Å²) in [6.07, 6.45) is 1.60. The highest BCUT2D eigenvalue weighted by atomic mass is 32.1. The average Bonchev–Trinajstić information content (AvgIpc) is 3.81. The van der Waals surface area contributed by atoms with Crippen molar-refractivity contribution in [3.8, 4) is 33.4 Å². The molecular weight excluding hydrogens is 877 g/mol. The highest BCUT2D eigenvalue weighted by molar-refractivity contribution is 7.25. The van der Waals surface area contributed by atoms with E-state index in [2.05, 4.69) is 289 Å². The van der Waals surface area contributed by atoms with E-state index < -0.39 is 0 Å². The van der Waals surface area contributed by atoms with Crippen molar-refractivity contribution in [1.82, 2.24) is 0 Å². The molecule has 0 saturated carbocycles. The molecule has 1 aromatic heterocycles. The Labute approximate surface area is 420 Å². The van der Waals surface area contributed by atoms with Crippen LogP contribution in [0.5, 0.6) is 0 Å². The zero-order chi connectivity index (χ0) is 47.3. The summed E-state index contributed by atoms with van der Waals surface area (Å²) < 4.78 is 2.63. The minimum absolute atomic E-state index is 0.794. The van der Waals surface area contributed by atoms with Gasteiger partial charge in [-0.2, -0.15) is 0 Å². The quantitative estimate of drug-likeness (QED) is 0.114. The number of rotatable bonds is 13. The van der Waals surface area contributed by atoms with Crippen molar-refractivity contribution in [2.75, 3.05) is 9.80 Å². The van der Waals surface area contributed by atoms with Crippen molar-refractivity contribution in [2.24, 2.45) is 0 Å². The molecule has 1 heterocycles. The third-order valence-electron chi connectivity index (χ3n) is 13.5. The summed E-state index contributed by atoms with van der Waals surface area (Å²) in [4.78, 5) is 4.77. The number of anilines is 6. The molecule has 0 amide bonds. The zero-order valence-corrected chi connectivity index (χ0v) is 40.1. The van der Waals surface area contributed by atoms with Crippen LogP contribution in [-0.2, 0) is 12.8 Å². The summed E-state index contributed by atoms with van der Waals surface area (Å²) in [6.45, 7) is 0. The maximum Gasteiger partial charge on any atom is 0.0482 e. The van der Waals surface area contributed by atoms with Crippen molar-refractivity contribution >= 4 is 65.6 Å². The summed E-state index contributed by atoms with van der Waals surface area (Å²) in [5.41, 5.74) is 18.8. The van der Waals surface area contributed by atoms with Crippen molar-refractivity contribution in [2.45, 2.75) is 12.8 Å². The molecule has 0 atom stereocenters. The molecule has 0 aliphatic heterocycles. The summed E-state index contributed by atoms with van der Waals surface area (Å²) >= 11 is 1.86. The molecule has 0 fully saturated rings. The first kappa shape index (κ1) is 43.5. The SMILES string of the molecule is c1ccc(Cc2ccc(-c3ccc4sc5ccccc5c4c3)cc2-c2cc(N(c3ccc(-c4ccccc4)cc3)c3cccc(N(c4ccccc4)c4ccccc4)c3)ccc2Cc2ccccc2)cc1. The van der Waals surface area contributed by atoms with E-state index in [0.717, 1.165) is 47.0 Å². The Morgan fingerprint density at radius 1 is 0.254 bits per heavy atom. The van der Waals surface area contributed by atoms with Gasteiger partial charge in [0.2, 0.25) is 0 Å². The molecule has 0 unspecified atom stereocenters. The van der Waals surface area contributed by atoms with Gasteiger partial charge in [0.15, 0.2) is 0 Å². The molecule has 12 rings (SSSR count). The van der Waals surface area contributed by atoms with E-state index in [1.807, 2.05) is 11.3 Å². The number of benzene rings is 11. The lowest BCUT2D eigenvalue weighted by atomic mass is 9.87. The maximum atomic E-state index is 2.46. The Bertz CT molecular complexity index is 3700. The monoisotopic (exact) mass is 926 g/mol. The fraction of sp³-hybridized carbons (Fsp3) is 0.0294. The summed E-state index contributed by atoms with van der Waals surface area (Å²) in [5.74, 6) is 0. The van der Waals surface area contributed by atoms with Crippen LogP contribution in [0, 0.1) is 0 Å². The number of hydrogen-bond acceptors (Lipinski definition) is 3. The van der Waals surface area contributed by atoms with Crippen LogP contribution in [-0.4, -0.2) is 0 Å². The fourth-order valence-corrected chi connectivity index (χ4v) is 11.1. The van der Waals surface area contributed by atoms with Crippen LogP contribution in [0.15, 0.2) is 279 Å². The first-order chi connectivity index (χ1) is 35.2. The Morgan fingerprint density at radius 2 is 0.662 bits per heavy atom. The van der Waals surface area contributed by atoms with Gasteiger partial charge in [-0.15, -0.1) is 11.3 Å². The van der Waals surface area contributed by atoms with E-state index in [1.54, 1.807) is 0 Å². The standard InChI is InChI=1S/C68H50N2S/c1-6-19-49(20-7-1)43-55-34-33-53(54-38-42-68-66(46-54)63-31-16-17-32-67(63)71-68)45-64(55)65-48-62(41-37-56(65)44-50-21-8-2-9-22-50)70(59-39-35-52(36-40-59)51-23-10-3-11-24-51)61-30-18-29-60(47-61)69(57-25-12-4-13-26-57)58-27-14-5-15-28-58/h1-42,45-48H,43-44H2. The largest absolute Gasteiger partial charge is 0.310 e. The molecule has 12 aromatic rings. The number of hydrogen-bond donors (Lipinski definition) is 0. The molecule has 11 aromatic carbocycles. The molecule has 0 spiro atoms. The Balaban J connectivity index is 1.06. The molecule has 71 heavy (non-hydrogen) atoms. The van der Waals surface area contributed by atoms with Gasteiger partial charge >= 0.3 is 0 Å². The summed E-state index contributed by atoms with van der Waals surface area (Å²) in [6, 6.07) is 102. The van der Waals surface area contributed by atoms with E-state index >= 15 is 0 Å². The van der Waals surface area contributed by atoms with Gasteiger partial charge in [0, 0.05) is 54.3 Å². The second kappa shape index (κ2) is 19.7. The van der Waals surface area contributed by atoms with E-state index in [0.29, 0.717) is 0 Å². The van der Waals surface area contributed by atoms with Gasteiger partial charge in [-0.1, -0.05) is 188 Å². The number of thiophene rings is 1. The van der Waals surface area contributed by atoms with Gasteiger partial charge in [-0.05, 0) is 159 Å². The molecule has 0 saturated heterocycles. The van der Waals surface area contributed by atoms with Gasteiger partial charge < -0.3 is 9.80 Å². The minimum Gasteiger partial charge on any atom is -0.310 e. The molecular formula is C68H50N2S. The van der Waals surface area contributed by atoms with Gasteiger partial charge in [0.1, 0.15) is 0 Å². The van der Waals surface area contributed by atoms with Crippen molar-refractivity contribution in [3.05, 3.63) is 301 Å². The van der Waals surface area contributed by atoms with Gasteiger partial charge in [-0.3, -0.25) is 0 Å². The number of fused-ring (bicyclic) bond motifs is 3. The minimum atomic E-state index is 0.794. The molecule has 0 aliphatic carbocycles. The van der Waals surface area contributed by atoms with Crippen LogP contribution in [0.25, 0.3) is 53.6 Å². The first-order valence-electron chi connectivity index (χ1n) is 24.4. The van der Waals surface area contributed by atoms with Gasteiger partial charge in [0.05, 0.1) is 0 Å². The normalized spacial score (nSPS) is 11.2. The Hall–Kier alpha value is -8.76. The third kappa shape index (κ3) is 9.15. The van der Waals surface area contributed by atoms with Crippen molar-refractivity contribution < 1.29 is 0 Å². The Morgan fingerprint density at radius 3 is 1.30 bits per heavy atom. The molecule has 0 N–H and O–H groups in total. The van der Waals surface area contributed by atoms with Crippen LogP contribution >= 0.6 is 11.3 Å². The maximum absolute atomic E-state index is 2.46. The topological polar surface area (TPSA) is 6.48 Å². The lowest BCUT2D eigenvalue weighted by Gasteiger charge is -2.30. The van der Waals surface area contributed by atoms with Gasteiger partial charge in [-0.25, -0.2) is 0 Å². The van der Waals surface area contributed by atoms with Crippen molar-refractivity contribution in [3.63, 3.8) is 0 Å². The summed E-state index contributed by atoms with van der Waals surface area (Å²) in [5, 5.41) is 2.61. The van der Waals surface area contributed by atoms with E-state index in [4.69, 9.17) is 0 Å². The van der Waals surface area contributed by atoms with E-state index in [1.165, 1.54) is 75.8 Å². The predicted molar refractivity (Wildman–Crippen MR) is 304 cm³/mol. The van der Waals surface area contributed by atoms with Crippen LogP contribution in [0.3, 0.4) is 0 Å². The van der Waals surface area contributed by atoms with Crippen LogP contribution in [0.2, 0.25) is 0 Å². The third-order valence-corrected chi connectivity index (χ3v) is 14.7. The smallest absolute Gasteiger partial charge is 0.0482 e. The zero-order valence-electron chi connectivity index (χ0n) is 39.3. The predicted octanol–water partition coefficient (Wildman–Crippen LogP) is 19.2. The highest BCUT2D eigenvalue weighted by Crippen LogP contribution is 2.44.